The molecule has 0 saturated heterocycles. The highest BCUT2D eigenvalue weighted by atomic mass is 14.5. The molecule has 0 aliphatic heterocycles. The maximum absolute atomic E-state index is 5.90. The van der Waals surface area contributed by atoms with Gasteiger partial charge in [0.1, 0.15) is 0 Å². The Morgan fingerprint density at radius 2 is 1.53 bits per heavy atom. The van der Waals surface area contributed by atoms with E-state index >= 15 is 0 Å². The summed E-state index contributed by atoms with van der Waals surface area (Å²) in [6, 6.07) is 16.6. The highest BCUT2D eigenvalue weighted by molar-refractivity contribution is 5.71. The van der Waals surface area contributed by atoms with Crippen molar-refractivity contribution in [3.63, 3.8) is 0 Å². The maximum Gasteiger partial charge on any atom is 0.0317 e. The Morgan fingerprint density at radius 3 is 2.12 bits per heavy atom. The van der Waals surface area contributed by atoms with E-state index in [0.717, 1.165) is 5.69 Å². The number of benzene rings is 2. The van der Waals surface area contributed by atoms with E-state index in [4.69, 9.17) is 5.73 Å². The summed E-state index contributed by atoms with van der Waals surface area (Å²) in [7, 11) is 0. The number of nitrogen functional groups attached to an aromatic ring is 1. The molecule has 0 heterocycles. The zero-order valence-corrected chi connectivity index (χ0v) is 10.7. The van der Waals surface area contributed by atoms with Crippen LogP contribution in [0.2, 0.25) is 0 Å². The molecule has 0 amide bonds. The lowest BCUT2D eigenvalue weighted by Crippen LogP contribution is -2.13. The van der Waals surface area contributed by atoms with Crippen molar-refractivity contribution in [2.75, 3.05) is 5.73 Å². The van der Waals surface area contributed by atoms with Gasteiger partial charge < -0.3 is 5.73 Å². The lowest BCUT2D eigenvalue weighted by atomic mass is 9.81. The predicted octanol–water partition coefficient (Wildman–Crippen LogP) is 4.23. The quantitative estimate of drug-likeness (QED) is 0.722. The van der Waals surface area contributed by atoms with Gasteiger partial charge in [0.05, 0.1) is 0 Å². The first kappa shape index (κ1) is 11.7. The lowest BCUT2D eigenvalue weighted by Gasteiger charge is -2.23. The van der Waals surface area contributed by atoms with Gasteiger partial charge in [-0.1, -0.05) is 57.2 Å². The van der Waals surface area contributed by atoms with E-state index in [0.29, 0.717) is 0 Å². The van der Waals surface area contributed by atoms with Gasteiger partial charge in [-0.05, 0) is 34.2 Å². The van der Waals surface area contributed by atoms with Gasteiger partial charge in [0, 0.05) is 5.69 Å². The van der Waals surface area contributed by atoms with Crippen molar-refractivity contribution in [1.82, 2.24) is 0 Å². The van der Waals surface area contributed by atoms with Crippen molar-refractivity contribution in [3.05, 3.63) is 54.1 Å². The van der Waals surface area contributed by atoms with E-state index in [2.05, 4.69) is 57.2 Å². The van der Waals surface area contributed by atoms with Crippen molar-refractivity contribution in [1.29, 1.82) is 0 Å². The van der Waals surface area contributed by atoms with Gasteiger partial charge in [-0.25, -0.2) is 0 Å². The van der Waals surface area contributed by atoms with E-state index in [9.17, 15) is 0 Å². The summed E-state index contributed by atoms with van der Waals surface area (Å²) in [5.41, 5.74) is 10.6. The van der Waals surface area contributed by atoms with Gasteiger partial charge in [0.15, 0.2) is 0 Å². The molecule has 0 aliphatic carbocycles. The number of rotatable bonds is 1. The van der Waals surface area contributed by atoms with Crippen molar-refractivity contribution in [2.45, 2.75) is 26.2 Å². The average molecular weight is 225 g/mol. The summed E-state index contributed by atoms with van der Waals surface area (Å²) in [6.07, 6.45) is 0. The molecule has 0 aromatic heterocycles. The Bertz CT molecular complexity index is 507. The van der Waals surface area contributed by atoms with Crippen LogP contribution in [0.5, 0.6) is 0 Å². The lowest BCUT2D eigenvalue weighted by molar-refractivity contribution is 0.592. The third-order valence-corrected chi connectivity index (χ3v) is 2.94. The van der Waals surface area contributed by atoms with Crippen LogP contribution < -0.4 is 5.73 Å². The van der Waals surface area contributed by atoms with E-state index in [1.807, 2.05) is 12.1 Å². The van der Waals surface area contributed by atoms with Crippen LogP contribution in [0.1, 0.15) is 26.3 Å². The number of nitrogens with two attached hydrogens (primary N) is 1. The van der Waals surface area contributed by atoms with Crippen LogP contribution >= 0.6 is 0 Å². The smallest absolute Gasteiger partial charge is 0.0317 e. The molecule has 0 fully saturated rings. The normalized spacial score (nSPS) is 11.5. The zero-order valence-electron chi connectivity index (χ0n) is 10.7. The molecule has 1 nitrogen and oxygen atoms in total. The third-order valence-electron chi connectivity index (χ3n) is 2.94. The molecule has 2 aromatic carbocycles. The molecule has 0 radical (unpaired) electrons. The third kappa shape index (κ3) is 2.50. The summed E-state index contributed by atoms with van der Waals surface area (Å²) < 4.78 is 0. The van der Waals surface area contributed by atoms with Crippen LogP contribution in [0.3, 0.4) is 0 Å². The minimum atomic E-state index is 0.0978. The van der Waals surface area contributed by atoms with E-state index in [-0.39, 0.29) is 5.41 Å². The first-order valence-electron chi connectivity index (χ1n) is 5.94. The molecule has 1 heteroatoms. The summed E-state index contributed by atoms with van der Waals surface area (Å²) in [5.74, 6) is 0. The molecule has 0 unspecified atom stereocenters. The van der Waals surface area contributed by atoms with Gasteiger partial charge in [-0.3, -0.25) is 0 Å². The summed E-state index contributed by atoms with van der Waals surface area (Å²) in [4.78, 5) is 0. The van der Waals surface area contributed by atoms with E-state index in [1.54, 1.807) is 0 Å². The number of anilines is 1. The Kier molecular flexibility index (Phi) is 2.93. The largest absolute Gasteiger partial charge is 0.399 e. The molecular formula is C16H19N. The van der Waals surface area contributed by atoms with Crippen LogP contribution in [0.25, 0.3) is 11.1 Å². The van der Waals surface area contributed by atoms with Crippen molar-refractivity contribution in [2.24, 2.45) is 0 Å². The second-order valence-corrected chi connectivity index (χ2v) is 5.42. The molecule has 0 saturated carbocycles. The molecule has 17 heavy (non-hydrogen) atoms. The molecule has 2 aromatic rings. The Balaban J connectivity index is 2.63. The summed E-state index contributed by atoms with van der Waals surface area (Å²) in [5, 5.41) is 0. The van der Waals surface area contributed by atoms with Gasteiger partial charge in [0.2, 0.25) is 0 Å². The average Bonchev–Trinajstić information content (AvgIpc) is 2.29. The minimum Gasteiger partial charge on any atom is -0.399 e. The van der Waals surface area contributed by atoms with Crippen molar-refractivity contribution in [3.8, 4) is 11.1 Å². The molecule has 0 spiro atoms. The molecule has 2 rings (SSSR count). The number of hydrogen-bond acceptors (Lipinski definition) is 1. The van der Waals surface area contributed by atoms with Crippen LogP contribution in [-0.4, -0.2) is 0 Å². The fourth-order valence-electron chi connectivity index (χ4n) is 2.05. The minimum absolute atomic E-state index is 0.0978. The first-order chi connectivity index (χ1) is 7.98. The summed E-state index contributed by atoms with van der Waals surface area (Å²) in [6.45, 7) is 6.65. The number of hydrogen-bond donors (Lipinski definition) is 1. The first-order valence-corrected chi connectivity index (χ1v) is 5.94. The standard InChI is InChI=1S/C16H19N/c1-16(2,3)15-11-13(17)9-10-14(15)12-7-5-4-6-8-12/h4-11H,17H2,1-3H3. The van der Waals surface area contributed by atoms with Crippen LogP contribution in [0.15, 0.2) is 48.5 Å². The van der Waals surface area contributed by atoms with Gasteiger partial charge in [-0.15, -0.1) is 0 Å². The highest BCUT2D eigenvalue weighted by Crippen LogP contribution is 2.34. The summed E-state index contributed by atoms with van der Waals surface area (Å²) >= 11 is 0. The van der Waals surface area contributed by atoms with Gasteiger partial charge >= 0.3 is 0 Å². The monoisotopic (exact) mass is 225 g/mol. The maximum atomic E-state index is 5.90. The van der Waals surface area contributed by atoms with Gasteiger partial charge in [0.25, 0.3) is 0 Å². The molecule has 88 valence electrons. The molecule has 0 bridgehead atoms. The second-order valence-electron chi connectivity index (χ2n) is 5.42. The fraction of sp³-hybridized carbons (Fsp3) is 0.250. The Labute approximate surface area is 103 Å². The Hall–Kier alpha value is -1.76. The van der Waals surface area contributed by atoms with Crippen LogP contribution in [-0.2, 0) is 5.41 Å². The SMILES string of the molecule is CC(C)(C)c1cc(N)ccc1-c1ccccc1. The predicted molar refractivity (Wildman–Crippen MR) is 75.0 cm³/mol. The molecule has 0 atom stereocenters. The van der Waals surface area contributed by atoms with Crippen LogP contribution in [0.4, 0.5) is 5.69 Å². The molecule has 2 N–H and O–H groups in total. The second kappa shape index (κ2) is 4.25. The van der Waals surface area contributed by atoms with E-state index < -0.39 is 0 Å². The topological polar surface area (TPSA) is 26.0 Å². The zero-order chi connectivity index (χ0) is 12.5. The molecule has 0 aliphatic rings. The van der Waals surface area contributed by atoms with Crippen molar-refractivity contribution < 1.29 is 0 Å². The Morgan fingerprint density at radius 1 is 0.882 bits per heavy atom. The van der Waals surface area contributed by atoms with Crippen molar-refractivity contribution >= 4 is 5.69 Å². The van der Waals surface area contributed by atoms with E-state index in [1.165, 1.54) is 16.7 Å². The molecular weight excluding hydrogens is 206 g/mol. The van der Waals surface area contributed by atoms with Crippen LogP contribution in [0, 0.1) is 0 Å². The highest BCUT2D eigenvalue weighted by Gasteiger charge is 2.18. The van der Waals surface area contributed by atoms with Gasteiger partial charge in [-0.2, -0.15) is 0 Å². The fourth-order valence-corrected chi connectivity index (χ4v) is 2.05.